The van der Waals surface area contributed by atoms with E-state index < -0.39 is 0 Å². The largest absolute Gasteiger partial charge is 0.313 e. The van der Waals surface area contributed by atoms with Crippen LogP contribution in [-0.2, 0) is 0 Å². The smallest absolute Gasteiger partial charge is 0.0220 e. The van der Waals surface area contributed by atoms with Crippen LogP contribution in [0.4, 0.5) is 0 Å². The second-order valence-corrected chi connectivity index (χ2v) is 5.66. The predicted molar refractivity (Wildman–Crippen MR) is 73.9 cm³/mol. The summed E-state index contributed by atoms with van der Waals surface area (Å²) < 4.78 is 0. The van der Waals surface area contributed by atoms with Gasteiger partial charge in [-0.3, -0.25) is 4.90 Å². The number of nitrogens with one attached hydrogen (secondary N) is 1. The molecule has 1 N–H and O–H groups in total. The Morgan fingerprint density at radius 3 is 2.00 bits per heavy atom. The molecular formula is C14H32N2. The van der Waals surface area contributed by atoms with E-state index >= 15 is 0 Å². The van der Waals surface area contributed by atoms with Crippen molar-refractivity contribution in [2.24, 2.45) is 5.92 Å². The Morgan fingerprint density at radius 1 is 1.06 bits per heavy atom. The Hall–Kier alpha value is -0.0800. The first kappa shape index (κ1) is 15.9. The van der Waals surface area contributed by atoms with E-state index in [2.05, 4.69) is 58.8 Å². The van der Waals surface area contributed by atoms with Gasteiger partial charge in [0.15, 0.2) is 0 Å². The van der Waals surface area contributed by atoms with Crippen LogP contribution < -0.4 is 5.32 Å². The highest BCUT2D eigenvalue weighted by Gasteiger charge is 2.21. The molecule has 0 saturated heterocycles. The first-order valence-electron chi connectivity index (χ1n) is 6.85. The highest BCUT2D eigenvalue weighted by atomic mass is 15.2. The van der Waals surface area contributed by atoms with E-state index in [0.29, 0.717) is 18.1 Å². The van der Waals surface area contributed by atoms with Crippen LogP contribution in [0, 0.1) is 5.92 Å². The van der Waals surface area contributed by atoms with Gasteiger partial charge in [-0.25, -0.2) is 0 Å². The second kappa shape index (κ2) is 8.08. The molecule has 0 aliphatic rings. The van der Waals surface area contributed by atoms with Crippen molar-refractivity contribution < 1.29 is 0 Å². The first-order valence-corrected chi connectivity index (χ1v) is 6.85. The van der Waals surface area contributed by atoms with Gasteiger partial charge >= 0.3 is 0 Å². The van der Waals surface area contributed by atoms with Gasteiger partial charge in [-0.05, 0) is 26.3 Å². The van der Waals surface area contributed by atoms with E-state index in [9.17, 15) is 0 Å². The molecule has 98 valence electrons. The summed E-state index contributed by atoms with van der Waals surface area (Å²) in [7, 11) is 2.27. The van der Waals surface area contributed by atoms with Gasteiger partial charge in [0.1, 0.15) is 0 Å². The predicted octanol–water partition coefficient (Wildman–Crippen LogP) is 3.13. The maximum atomic E-state index is 3.56. The zero-order chi connectivity index (χ0) is 12.7. The molecule has 0 amide bonds. The topological polar surface area (TPSA) is 15.3 Å². The van der Waals surface area contributed by atoms with Gasteiger partial charge in [-0.15, -0.1) is 0 Å². The first-order chi connectivity index (χ1) is 7.40. The lowest BCUT2D eigenvalue weighted by Crippen LogP contribution is -2.47. The molecule has 2 unspecified atom stereocenters. The molecule has 2 nitrogen and oxygen atoms in total. The van der Waals surface area contributed by atoms with E-state index in [4.69, 9.17) is 0 Å². The molecule has 2 atom stereocenters. The highest BCUT2D eigenvalue weighted by Crippen LogP contribution is 2.14. The van der Waals surface area contributed by atoms with Crippen LogP contribution in [0.5, 0.6) is 0 Å². The molecule has 0 heterocycles. The van der Waals surface area contributed by atoms with Gasteiger partial charge < -0.3 is 5.32 Å². The molecule has 2 heteroatoms. The molecule has 16 heavy (non-hydrogen) atoms. The second-order valence-electron chi connectivity index (χ2n) is 5.66. The molecule has 0 spiro atoms. The van der Waals surface area contributed by atoms with Crippen LogP contribution in [0.25, 0.3) is 0 Å². The van der Waals surface area contributed by atoms with Crippen LogP contribution >= 0.6 is 0 Å². The molecule has 0 aromatic rings. The number of hydrogen-bond acceptors (Lipinski definition) is 2. The van der Waals surface area contributed by atoms with E-state index in [1.807, 2.05) is 0 Å². The van der Waals surface area contributed by atoms with Crippen molar-refractivity contribution in [1.29, 1.82) is 0 Å². The lowest BCUT2D eigenvalue weighted by Gasteiger charge is -2.36. The zero-order valence-electron chi connectivity index (χ0n) is 12.4. The van der Waals surface area contributed by atoms with Crippen LogP contribution in [-0.4, -0.2) is 36.6 Å². The minimum atomic E-state index is 0.585. The highest BCUT2D eigenvalue weighted by molar-refractivity contribution is 4.78. The molecule has 0 rings (SSSR count). The molecule has 0 aliphatic carbocycles. The van der Waals surface area contributed by atoms with Gasteiger partial charge in [0, 0.05) is 24.7 Å². The number of nitrogens with zero attached hydrogens (tertiary/aromatic N) is 1. The molecular weight excluding hydrogens is 196 g/mol. The summed E-state index contributed by atoms with van der Waals surface area (Å²) in [6.45, 7) is 14.8. The van der Waals surface area contributed by atoms with Crippen molar-refractivity contribution >= 4 is 0 Å². The van der Waals surface area contributed by atoms with Gasteiger partial charge in [-0.1, -0.05) is 41.0 Å². The summed E-state index contributed by atoms with van der Waals surface area (Å²) in [5, 5.41) is 3.56. The third-order valence-electron chi connectivity index (χ3n) is 3.57. The summed E-state index contributed by atoms with van der Waals surface area (Å²) in [4.78, 5) is 2.55. The van der Waals surface area contributed by atoms with Crippen LogP contribution in [0.3, 0.4) is 0 Å². The standard InChI is InChI=1S/C14H32N2/c1-8-9-14(10-15-12(4)5)16(7)13(6)11(2)3/h11-15H,8-10H2,1-7H3. The molecule has 0 aliphatic heterocycles. The average molecular weight is 228 g/mol. The summed E-state index contributed by atoms with van der Waals surface area (Å²) in [5.74, 6) is 0.725. The maximum Gasteiger partial charge on any atom is 0.0220 e. The van der Waals surface area contributed by atoms with Crippen LogP contribution in [0.15, 0.2) is 0 Å². The molecule has 0 aromatic heterocycles. The van der Waals surface area contributed by atoms with Crippen molar-refractivity contribution in [2.75, 3.05) is 13.6 Å². The molecule has 0 bridgehead atoms. The maximum absolute atomic E-state index is 3.56. The molecule has 0 radical (unpaired) electrons. The lowest BCUT2D eigenvalue weighted by molar-refractivity contribution is 0.136. The van der Waals surface area contributed by atoms with Gasteiger partial charge in [0.2, 0.25) is 0 Å². The van der Waals surface area contributed by atoms with Crippen molar-refractivity contribution in [3.8, 4) is 0 Å². The molecule has 0 saturated carbocycles. The lowest BCUT2D eigenvalue weighted by atomic mass is 10.0. The van der Waals surface area contributed by atoms with Gasteiger partial charge in [0.25, 0.3) is 0 Å². The average Bonchev–Trinajstić information content (AvgIpc) is 2.21. The molecule has 0 aromatic carbocycles. The van der Waals surface area contributed by atoms with Gasteiger partial charge in [-0.2, -0.15) is 0 Å². The normalized spacial score (nSPS) is 16.1. The van der Waals surface area contributed by atoms with Crippen molar-refractivity contribution in [1.82, 2.24) is 10.2 Å². The summed E-state index contributed by atoms with van der Waals surface area (Å²) >= 11 is 0. The van der Waals surface area contributed by atoms with E-state index in [0.717, 1.165) is 12.5 Å². The minimum Gasteiger partial charge on any atom is -0.313 e. The SMILES string of the molecule is CCCC(CNC(C)C)N(C)C(C)C(C)C. The Bertz CT molecular complexity index is 166. The van der Waals surface area contributed by atoms with E-state index in [1.165, 1.54) is 12.8 Å². The third kappa shape index (κ3) is 5.86. The van der Waals surface area contributed by atoms with E-state index in [-0.39, 0.29) is 0 Å². The summed E-state index contributed by atoms with van der Waals surface area (Å²) in [6, 6.07) is 1.91. The number of hydrogen-bond donors (Lipinski definition) is 1. The Morgan fingerprint density at radius 2 is 1.62 bits per heavy atom. The Labute approximate surface area is 103 Å². The summed E-state index contributed by atoms with van der Waals surface area (Å²) in [6.07, 6.45) is 2.55. The van der Waals surface area contributed by atoms with Crippen LogP contribution in [0.2, 0.25) is 0 Å². The fourth-order valence-electron chi connectivity index (χ4n) is 1.96. The van der Waals surface area contributed by atoms with Crippen molar-refractivity contribution in [3.05, 3.63) is 0 Å². The zero-order valence-corrected chi connectivity index (χ0v) is 12.4. The number of likely N-dealkylation sites (N-methyl/N-ethyl adjacent to an activating group) is 1. The Kier molecular flexibility index (Phi) is 8.04. The quantitative estimate of drug-likeness (QED) is 0.686. The molecule has 0 fully saturated rings. The Balaban J connectivity index is 4.27. The third-order valence-corrected chi connectivity index (χ3v) is 3.57. The fraction of sp³-hybridized carbons (Fsp3) is 1.00. The van der Waals surface area contributed by atoms with Crippen LogP contribution in [0.1, 0.15) is 54.4 Å². The fourth-order valence-corrected chi connectivity index (χ4v) is 1.96. The monoisotopic (exact) mass is 228 g/mol. The van der Waals surface area contributed by atoms with Crippen molar-refractivity contribution in [2.45, 2.75) is 72.5 Å². The number of rotatable bonds is 8. The van der Waals surface area contributed by atoms with Crippen molar-refractivity contribution in [3.63, 3.8) is 0 Å². The summed E-state index contributed by atoms with van der Waals surface area (Å²) in [5.41, 5.74) is 0. The minimum absolute atomic E-state index is 0.585. The van der Waals surface area contributed by atoms with Gasteiger partial charge in [0.05, 0.1) is 0 Å². The van der Waals surface area contributed by atoms with E-state index in [1.54, 1.807) is 0 Å².